The van der Waals surface area contributed by atoms with Gasteiger partial charge in [0.05, 0.1) is 18.7 Å². The zero-order chi connectivity index (χ0) is 20.5. The molecule has 0 spiro atoms. The number of hydrogen-bond donors (Lipinski definition) is 2. The molecule has 0 aliphatic carbocycles. The van der Waals surface area contributed by atoms with Crippen LogP contribution in [0.15, 0.2) is 48.5 Å². The Hall–Kier alpha value is -2.18. The largest absolute Gasteiger partial charge is 0.496 e. The number of thioether (sulfide) groups is 1. The molecule has 150 valence electrons. The predicted molar refractivity (Wildman–Crippen MR) is 115 cm³/mol. The molecule has 0 fully saturated rings. The second kappa shape index (κ2) is 11.0. The maximum absolute atomic E-state index is 12.9. The Labute approximate surface area is 175 Å². The summed E-state index contributed by atoms with van der Waals surface area (Å²) in [5.74, 6) is 0.618. The van der Waals surface area contributed by atoms with Crippen LogP contribution in [0.3, 0.4) is 0 Å². The summed E-state index contributed by atoms with van der Waals surface area (Å²) >= 11 is 7.84. The molecule has 0 radical (unpaired) electrons. The highest BCUT2D eigenvalue weighted by molar-refractivity contribution is 7.98. The molecule has 2 unspecified atom stereocenters. The first-order valence-electron chi connectivity index (χ1n) is 8.95. The van der Waals surface area contributed by atoms with E-state index in [-0.39, 0.29) is 17.9 Å². The molecular weight excluding hydrogens is 396 g/mol. The highest BCUT2D eigenvalue weighted by atomic mass is 35.5. The molecule has 7 heteroatoms. The minimum Gasteiger partial charge on any atom is -0.496 e. The maximum Gasteiger partial charge on any atom is 0.255 e. The third-order valence-electron chi connectivity index (χ3n) is 4.31. The van der Waals surface area contributed by atoms with Crippen molar-refractivity contribution in [2.45, 2.75) is 25.4 Å². The normalized spacial score (nSPS) is 12.7. The summed E-state index contributed by atoms with van der Waals surface area (Å²) in [7, 11) is 1.51. The molecule has 2 aromatic rings. The average molecular weight is 421 g/mol. The molecule has 0 saturated heterocycles. The van der Waals surface area contributed by atoms with Crippen molar-refractivity contribution >= 4 is 35.2 Å². The minimum atomic E-state index is -0.658. The van der Waals surface area contributed by atoms with E-state index in [1.165, 1.54) is 7.11 Å². The zero-order valence-electron chi connectivity index (χ0n) is 16.2. The molecule has 2 rings (SSSR count). The van der Waals surface area contributed by atoms with E-state index in [0.717, 1.165) is 11.3 Å². The van der Waals surface area contributed by atoms with E-state index < -0.39 is 6.04 Å². The van der Waals surface area contributed by atoms with Crippen molar-refractivity contribution in [2.24, 2.45) is 0 Å². The average Bonchev–Trinajstić information content (AvgIpc) is 2.70. The Kier molecular flexibility index (Phi) is 8.67. The Morgan fingerprint density at radius 3 is 2.46 bits per heavy atom. The maximum atomic E-state index is 12.9. The topological polar surface area (TPSA) is 67.4 Å². The lowest BCUT2D eigenvalue weighted by molar-refractivity contribution is -0.123. The molecule has 0 bridgehead atoms. The summed E-state index contributed by atoms with van der Waals surface area (Å²) < 4.78 is 5.25. The van der Waals surface area contributed by atoms with Gasteiger partial charge in [0.2, 0.25) is 5.91 Å². The number of carbonyl (C=O) groups excluding carboxylic acids is 2. The van der Waals surface area contributed by atoms with Crippen molar-refractivity contribution < 1.29 is 14.3 Å². The highest BCUT2D eigenvalue weighted by Gasteiger charge is 2.24. The number of hydrogen-bond acceptors (Lipinski definition) is 4. The molecular formula is C21H25ClN2O3S. The molecule has 28 heavy (non-hydrogen) atoms. The summed E-state index contributed by atoms with van der Waals surface area (Å²) in [6.07, 6.45) is 2.48. The first kappa shape index (κ1) is 22.1. The van der Waals surface area contributed by atoms with Crippen LogP contribution in [0.1, 0.15) is 35.3 Å². The van der Waals surface area contributed by atoms with Gasteiger partial charge in [-0.15, -0.1) is 0 Å². The second-order valence-corrected chi connectivity index (χ2v) is 7.65. The van der Waals surface area contributed by atoms with Gasteiger partial charge in [0.15, 0.2) is 0 Å². The number of amides is 2. The van der Waals surface area contributed by atoms with E-state index >= 15 is 0 Å². The van der Waals surface area contributed by atoms with Crippen LogP contribution in [0.25, 0.3) is 0 Å². The van der Waals surface area contributed by atoms with Crippen molar-refractivity contribution in [1.82, 2.24) is 10.6 Å². The number of halogens is 1. The van der Waals surface area contributed by atoms with Crippen molar-refractivity contribution in [1.29, 1.82) is 0 Å². The van der Waals surface area contributed by atoms with Crippen LogP contribution < -0.4 is 15.4 Å². The lowest BCUT2D eigenvalue weighted by atomic mass is 10.1. The van der Waals surface area contributed by atoms with Crippen LogP contribution in [-0.2, 0) is 4.79 Å². The van der Waals surface area contributed by atoms with Gasteiger partial charge in [-0.2, -0.15) is 11.8 Å². The van der Waals surface area contributed by atoms with Gasteiger partial charge in [0.1, 0.15) is 11.8 Å². The quantitative estimate of drug-likeness (QED) is 0.641. The van der Waals surface area contributed by atoms with Crippen LogP contribution in [0.2, 0.25) is 5.02 Å². The molecule has 2 N–H and O–H groups in total. The van der Waals surface area contributed by atoms with Crippen LogP contribution >= 0.6 is 23.4 Å². The second-order valence-electron chi connectivity index (χ2n) is 6.26. The van der Waals surface area contributed by atoms with Gasteiger partial charge >= 0.3 is 0 Å². The summed E-state index contributed by atoms with van der Waals surface area (Å²) in [5.41, 5.74) is 1.23. The molecule has 0 heterocycles. The molecule has 0 aliphatic heterocycles. The Morgan fingerprint density at radius 2 is 1.79 bits per heavy atom. The van der Waals surface area contributed by atoms with Crippen LogP contribution in [0.4, 0.5) is 0 Å². The highest BCUT2D eigenvalue weighted by Crippen LogP contribution is 2.22. The number of rotatable bonds is 9. The van der Waals surface area contributed by atoms with Crippen LogP contribution in [0, 0.1) is 0 Å². The monoisotopic (exact) mass is 420 g/mol. The van der Waals surface area contributed by atoms with Gasteiger partial charge in [0.25, 0.3) is 5.91 Å². The van der Waals surface area contributed by atoms with Gasteiger partial charge in [-0.1, -0.05) is 41.9 Å². The van der Waals surface area contributed by atoms with E-state index in [0.29, 0.717) is 22.8 Å². The molecule has 0 aliphatic rings. The van der Waals surface area contributed by atoms with Crippen molar-refractivity contribution in [3.05, 3.63) is 64.7 Å². The fraction of sp³-hybridized carbons (Fsp3) is 0.333. The third-order valence-corrected chi connectivity index (χ3v) is 5.30. The molecule has 5 nitrogen and oxygen atoms in total. The van der Waals surface area contributed by atoms with Crippen molar-refractivity contribution in [2.75, 3.05) is 19.1 Å². The van der Waals surface area contributed by atoms with E-state index in [1.54, 1.807) is 42.1 Å². The minimum absolute atomic E-state index is 0.246. The number of methoxy groups -OCH3 is 1. The van der Waals surface area contributed by atoms with Gasteiger partial charge in [-0.25, -0.2) is 0 Å². The van der Waals surface area contributed by atoms with Crippen molar-refractivity contribution in [3.8, 4) is 5.75 Å². The third kappa shape index (κ3) is 5.91. The van der Waals surface area contributed by atoms with Gasteiger partial charge in [-0.3, -0.25) is 9.59 Å². The summed E-state index contributed by atoms with van der Waals surface area (Å²) in [4.78, 5) is 25.6. The molecule has 2 amide bonds. The number of ether oxygens (including phenoxy) is 1. The van der Waals surface area contributed by atoms with E-state index in [4.69, 9.17) is 16.3 Å². The Bertz CT molecular complexity index is 816. The number of carbonyl (C=O) groups is 2. The predicted octanol–water partition coefficient (Wildman–Crippen LogP) is 4.08. The van der Waals surface area contributed by atoms with E-state index in [2.05, 4.69) is 10.6 Å². The van der Waals surface area contributed by atoms with Gasteiger partial charge < -0.3 is 15.4 Å². The summed E-state index contributed by atoms with van der Waals surface area (Å²) in [6, 6.07) is 13.4. The summed E-state index contributed by atoms with van der Waals surface area (Å²) in [5, 5.41) is 6.38. The van der Waals surface area contributed by atoms with E-state index in [9.17, 15) is 9.59 Å². The SMILES string of the molecule is COc1ccccc1C(=O)NC(CCSC)C(=O)NC(C)c1ccccc1Cl. The molecule has 2 atom stereocenters. The number of benzene rings is 2. The number of nitrogens with one attached hydrogen (secondary N) is 2. The Morgan fingerprint density at radius 1 is 1.11 bits per heavy atom. The lowest BCUT2D eigenvalue weighted by Gasteiger charge is -2.22. The summed E-state index contributed by atoms with van der Waals surface area (Å²) in [6.45, 7) is 1.87. The molecule has 2 aromatic carbocycles. The number of para-hydroxylation sites is 1. The lowest BCUT2D eigenvalue weighted by Crippen LogP contribution is -2.47. The standard InChI is InChI=1S/C21H25ClN2O3S/c1-14(15-8-4-6-10-17(15)22)23-21(26)18(12-13-28-3)24-20(25)16-9-5-7-11-19(16)27-2/h4-11,14,18H,12-13H2,1-3H3,(H,23,26)(H,24,25). The molecule has 0 aromatic heterocycles. The van der Waals surface area contributed by atoms with Gasteiger partial charge in [-0.05, 0) is 49.1 Å². The van der Waals surface area contributed by atoms with Crippen molar-refractivity contribution in [3.63, 3.8) is 0 Å². The molecule has 0 saturated carbocycles. The first-order valence-corrected chi connectivity index (χ1v) is 10.7. The zero-order valence-corrected chi connectivity index (χ0v) is 17.8. The fourth-order valence-electron chi connectivity index (χ4n) is 2.79. The van der Waals surface area contributed by atoms with Crippen LogP contribution in [-0.4, -0.2) is 37.0 Å². The fourth-order valence-corrected chi connectivity index (χ4v) is 3.56. The first-order chi connectivity index (χ1) is 13.5. The van der Waals surface area contributed by atoms with Crippen LogP contribution in [0.5, 0.6) is 5.75 Å². The Balaban J connectivity index is 2.12. The van der Waals surface area contributed by atoms with E-state index in [1.807, 2.05) is 31.4 Å². The smallest absolute Gasteiger partial charge is 0.255 e. The van der Waals surface area contributed by atoms with Gasteiger partial charge in [0, 0.05) is 5.02 Å².